The van der Waals surface area contributed by atoms with Crippen molar-refractivity contribution < 1.29 is 22.7 Å². The number of sulfonamides is 1. The Balaban J connectivity index is 1.80. The van der Waals surface area contributed by atoms with E-state index in [0.29, 0.717) is 23.0 Å². The number of nitrogens with zero attached hydrogens (tertiary/aromatic N) is 2. The van der Waals surface area contributed by atoms with Crippen LogP contribution in [0.4, 0.5) is 0 Å². The summed E-state index contributed by atoms with van der Waals surface area (Å²) in [7, 11) is -2.43. The predicted molar refractivity (Wildman–Crippen MR) is 158 cm³/mol. The Bertz CT molecular complexity index is 1290. The first-order chi connectivity index (χ1) is 18.3. The Labute approximate surface area is 238 Å². The molecule has 1 aliphatic heterocycles. The lowest BCUT2D eigenvalue weighted by molar-refractivity contribution is -0.121. The number of amidine groups is 1. The fourth-order valence-electron chi connectivity index (χ4n) is 3.74. The molecule has 0 saturated carbocycles. The summed E-state index contributed by atoms with van der Waals surface area (Å²) in [4.78, 5) is 14.9. The van der Waals surface area contributed by atoms with Crippen LogP contribution in [0.15, 0.2) is 73.8 Å². The van der Waals surface area contributed by atoms with Crippen molar-refractivity contribution in [3.63, 3.8) is 0 Å². The third-order valence-corrected chi connectivity index (χ3v) is 8.68. The maximum absolute atomic E-state index is 13.2. The maximum Gasteiger partial charge on any atom is 0.284 e. The Morgan fingerprint density at radius 3 is 2.45 bits per heavy atom. The number of thioether (sulfide) groups is 1. The van der Waals surface area contributed by atoms with Crippen LogP contribution in [-0.2, 0) is 14.8 Å². The van der Waals surface area contributed by atoms with Crippen LogP contribution in [0.5, 0.6) is 11.5 Å². The van der Waals surface area contributed by atoms with Crippen LogP contribution in [0.3, 0.4) is 0 Å². The molecule has 0 radical (unpaired) electrons. The second kappa shape index (κ2) is 14.6. The molecule has 1 saturated heterocycles. The van der Waals surface area contributed by atoms with Crippen LogP contribution in [0.1, 0.15) is 51.0 Å². The topological polar surface area (TPSA) is 85.3 Å². The highest BCUT2D eigenvalue weighted by molar-refractivity contribution is 9.10. The summed E-state index contributed by atoms with van der Waals surface area (Å²) >= 11 is 4.31. The number of carbonyl (C=O) groups is 1. The van der Waals surface area contributed by atoms with Crippen LogP contribution in [0.2, 0.25) is 0 Å². The number of unbranched alkanes of at least 4 members (excludes halogenated alkanes) is 5. The molecule has 3 rings (SSSR count). The van der Waals surface area contributed by atoms with Gasteiger partial charge < -0.3 is 9.47 Å². The molecular weight excluding hydrogens is 588 g/mol. The third kappa shape index (κ3) is 8.22. The molecule has 38 heavy (non-hydrogen) atoms. The first kappa shape index (κ1) is 30.0. The highest BCUT2D eigenvalue weighted by Gasteiger charge is 2.34. The highest BCUT2D eigenvalue weighted by Crippen LogP contribution is 2.35. The summed E-state index contributed by atoms with van der Waals surface area (Å²) in [5, 5.41) is 0.0807. The minimum absolute atomic E-state index is 0.0412. The lowest BCUT2D eigenvalue weighted by Gasteiger charge is -2.12. The van der Waals surface area contributed by atoms with Gasteiger partial charge in [-0.3, -0.25) is 9.69 Å². The molecule has 1 fully saturated rings. The number of ether oxygens (including phenoxy) is 2. The maximum atomic E-state index is 13.2. The van der Waals surface area contributed by atoms with Crippen LogP contribution >= 0.6 is 27.7 Å². The van der Waals surface area contributed by atoms with Crippen molar-refractivity contribution in [3.05, 3.63) is 70.1 Å². The van der Waals surface area contributed by atoms with Gasteiger partial charge in [0.1, 0.15) is 0 Å². The average Bonchev–Trinajstić information content (AvgIpc) is 3.17. The molecule has 10 heteroatoms. The second-order valence-corrected chi connectivity index (χ2v) is 12.2. The minimum atomic E-state index is -4.01. The number of benzene rings is 2. The number of methoxy groups -OCH3 is 1. The van der Waals surface area contributed by atoms with E-state index < -0.39 is 10.0 Å². The highest BCUT2D eigenvalue weighted by atomic mass is 79.9. The molecular formula is C28H33BrN2O5S2. The van der Waals surface area contributed by atoms with E-state index in [4.69, 9.17) is 9.47 Å². The number of rotatable bonds is 14. The van der Waals surface area contributed by atoms with Crippen molar-refractivity contribution in [2.45, 2.75) is 50.3 Å². The van der Waals surface area contributed by atoms with Crippen LogP contribution in [-0.4, -0.2) is 44.7 Å². The van der Waals surface area contributed by atoms with Gasteiger partial charge in [-0.05, 0) is 66.2 Å². The van der Waals surface area contributed by atoms with Crippen LogP contribution in [0, 0.1) is 0 Å². The molecule has 0 atom stereocenters. The molecule has 0 spiro atoms. The fraction of sp³-hybridized carbons (Fsp3) is 0.357. The largest absolute Gasteiger partial charge is 0.493 e. The monoisotopic (exact) mass is 620 g/mol. The second-order valence-electron chi connectivity index (χ2n) is 8.64. The van der Waals surface area contributed by atoms with E-state index in [2.05, 4.69) is 33.8 Å². The summed E-state index contributed by atoms with van der Waals surface area (Å²) in [6.07, 6.45) is 10.2. The minimum Gasteiger partial charge on any atom is -0.493 e. The molecule has 7 nitrogen and oxygen atoms in total. The van der Waals surface area contributed by atoms with Gasteiger partial charge in [0.25, 0.3) is 15.9 Å². The molecule has 0 aromatic heterocycles. The van der Waals surface area contributed by atoms with Gasteiger partial charge in [-0.15, -0.1) is 11.0 Å². The number of amides is 1. The molecule has 1 aliphatic rings. The molecule has 0 N–H and O–H groups in total. The molecule has 2 aromatic carbocycles. The summed E-state index contributed by atoms with van der Waals surface area (Å²) in [5.41, 5.74) is 0.732. The third-order valence-electron chi connectivity index (χ3n) is 5.75. The SMILES string of the molecule is C=CCN1C(=O)/C(=C/c2ccc(OC)c(OCCCCCCCC)c2)S/C1=N/S(=O)(=O)c1ccc(Br)cc1. The van der Waals surface area contributed by atoms with E-state index in [1.165, 1.54) is 48.8 Å². The van der Waals surface area contributed by atoms with Gasteiger partial charge in [0.2, 0.25) is 0 Å². The molecule has 1 amide bonds. The van der Waals surface area contributed by atoms with Crippen molar-refractivity contribution in [2.24, 2.45) is 4.40 Å². The summed E-state index contributed by atoms with van der Waals surface area (Å²) in [6, 6.07) is 11.6. The Morgan fingerprint density at radius 1 is 1.05 bits per heavy atom. The zero-order valence-corrected chi connectivity index (χ0v) is 24.9. The van der Waals surface area contributed by atoms with E-state index in [0.717, 1.165) is 34.6 Å². The standard InChI is InChI=1S/C28H33BrN2O5S2/c1-4-6-7-8-9-10-18-36-25-19-21(11-16-24(25)35-3)20-26-27(32)31(17-5-2)28(37-26)30-38(33,34)23-14-12-22(29)13-15-23/h5,11-16,19-20H,2,4,6-10,17-18H2,1,3H3/b26-20-,30-28+. The van der Waals surface area contributed by atoms with Gasteiger partial charge in [0, 0.05) is 11.0 Å². The Hall–Kier alpha value is -2.56. The van der Waals surface area contributed by atoms with Gasteiger partial charge in [-0.2, -0.15) is 8.42 Å². The first-order valence-corrected chi connectivity index (χ1v) is 15.6. The van der Waals surface area contributed by atoms with Crippen molar-refractivity contribution in [3.8, 4) is 11.5 Å². The van der Waals surface area contributed by atoms with E-state index in [1.807, 2.05) is 12.1 Å². The lowest BCUT2D eigenvalue weighted by Crippen LogP contribution is -2.29. The summed E-state index contributed by atoms with van der Waals surface area (Å²) in [5.74, 6) is 0.866. The van der Waals surface area contributed by atoms with Crippen LogP contribution in [0.25, 0.3) is 6.08 Å². The summed E-state index contributed by atoms with van der Waals surface area (Å²) in [6.45, 7) is 6.60. The molecule has 0 bridgehead atoms. The van der Waals surface area contributed by atoms with E-state index >= 15 is 0 Å². The number of hydrogen-bond acceptors (Lipinski definition) is 6. The average molecular weight is 622 g/mol. The molecule has 0 aliphatic carbocycles. The van der Waals surface area contributed by atoms with Crippen molar-refractivity contribution in [2.75, 3.05) is 20.3 Å². The van der Waals surface area contributed by atoms with Gasteiger partial charge in [0.05, 0.1) is 23.5 Å². The molecule has 2 aromatic rings. The Kier molecular flexibility index (Phi) is 11.5. The molecule has 1 heterocycles. The van der Waals surface area contributed by atoms with Gasteiger partial charge in [-0.25, -0.2) is 0 Å². The van der Waals surface area contributed by atoms with Gasteiger partial charge in [-0.1, -0.05) is 67.1 Å². The smallest absolute Gasteiger partial charge is 0.284 e. The lowest BCUT2D eigenvalue weighted by atomic mass is 10.1. The van der Waals surface area contributed by atoms with Gasteiger partial charge in [0.15, 0.2) is 16.7 Å². The van der Waals surface area contributed by atoms with E-state index in [-0.39, 0.29) is 22.5 Å². The van der Waals surface area contributed by atoms with Crippen molar-refractivity contribution in [1.82, 2.24) is 4.90 Å². The molecule has 0 unspecified atom stereocenters. The number of carbonyl (C=O) groups excluding carboxylic acids is 1. The molecule has 204 valence electrons. The normalized spacial score (nSPS) is 15.9. The zero-order valence-electron chi connectivity index (χ0n) is 21.7. The zero-order chi connectivity index (χ0) is 27.5. The fourth-order valence-corrected chi connectivity index (χ4v) is 6.19. The van der Waals surface area contributed by atoms with Crippen molar-refractivity contribution >= 4 is 54.9 Å². The van der Waals surface area contributed by atoms with E-state index in [1.54, 1.807) is 31.4 Å². The Morgan fingerprint density at radius 2 is 1.76 bits per heavy atom. The number of hydrogen-bond donors (Lipinski definition) is 0. The summed E-state index contributed by atoms with van der Waals surface area (Å²) < 4.78 is 42.0. The van der Waals surface area contributed by atoms with E-state index in [9.17, 15) is 13.2 Å². The van der Waals surface area contributed by atoms with Crippen LogP contribution < -0.4 is 9.47 Å². The quantitative estimate of drug-likeness (QED) is 0.128. The number of halogens is 1. The predicted octanol–water partition coefficient (Wildman–Crippen LogP) is 7.04. The van der Waals surface area contributed by atoms with Crippen molar-refractivity contribution in [1.29, 1.82) is 0 Å². The van der Waals surface area contributed by atoms with Gasteiger partial charge >= 0.3 is 0 Å². The first-order valence-electron chi connectivity index (χ1n) is 12.5.